The number of aromatic nitrogens is 3. The summed E-state index contributed by atoms with van der Waals surface area (Å²) in [6.07, 6.45) is 0.759. The van der Waals surface area contributed by atoms with E-state index in [4.69, 9.17) is 10.5 Å². The van der Waals surface area contributed by atoms with Crippen LogP contribution in [0.4, 0.5) is 14.7 Å². The molecule has 0 amide bonds. The molecule has 1 heterocycles. The summed E-state index contributed by atoms with van der Waals surface area (Å²) in [5.41, 5.74) is 5.41. The molecule has 2 aromatic rings. The summed E-state index contributed by atoms with van der Waals surface area (Å²) in [5, 5.41) is 0. The molecule has 7 heteroatoms. The van der Waals surface area contributed by atoms with Gasteiger partial charge in [0.1, 0.15) is 11.6 Å². The standard InChI is InChI=1S/C12H12F2N4O/c1-2-5-19-12-17-10(16-11(15)18-12)8-6-7(13)3-4-9(8)14/h3-4,6H,2,5H2,1H3,(H2,15,16,17,18). The summed E-state index contributed by atoms with van der Waals surface area (Å²) < 4.78 is 32.0. The van der Waals surface area contributed by atoms with Gasteiger partial charge in [0.2, 0.25) is 5.95 Å². The third-order valence-corrected chi connectivity index (χ3v) is 2.24. The highest BCUT2D eigenvalue weighted by atomic mass is 19.1. The number of rotatable bonds is 4. The van der Waals surface area contributed by atoms with Gasteiger partial charge in [-0.3, -0.25) is 0 Å². The van der Waals surface area contributed by atoms with E-state index < -0.39 is 11.6 Å². The zero-order valence-electron chi connectivity index (χ0n) is 10.2. The van der Waals surface area contributed by atoms with E-state index in [0.717, 1.165) is 24.6 Å². The number of anilines is 1. The Morgan fingerprint density at radius 1 is 1.21 bits per heavy atom. The van der Waals surface area contributed by atoms with Crippen molar-refractivity contribution in [3.05, 3.63) is 29.8 Å². The van der Waals surface area contributed by atoms with Crippen LogP contribution in [0, 0.1) is 11.6 Å². The highest BCUT2D eigenvalue weighted by Crippen LogP contribution is 2.22. The normalized spacial score (nSPS) is 10.5. The van der Waals surface area contributed by atoms with Crippen molar-refractivity contribution in [1.29, 1.82) is 0 Å². The average molecular weight is 266 g/mol. The van der Waals surface area contributed by atoms with Crippen molar-refractivity contribution in [2.75, 3.05) is 12.3 Å². The van der Waals surface area contributed by atoms with Gasteiger partial charge in [-0.05, 0) is 24.6 Å². The number of nitrogens with zero attached hydrogens (tertiary/aromatic N) is 3. The summed E-state index contributed by atoms with van der Waals surface area (Å²) in [6.45, 7) is 2.31. The molecular formula is C12H12F2N4O. The van der Waals surface area contributed by atoms with Crippen LogP contribution in [0.3, 0.4) is 0 Å². The Hall–Kier alpha value is -2.31. The van der Waals surface area contributed by atoms with Gasteiger partial charge in [-0.25, -0.2) is 8.78 Å². The maximum absolute atomic E-state index is 13.6. The van der Waals surface area contributed by atoms with Gasteiger partial charge >= 0.3 is 6.01 Å². The van der Waals surface area contributed by atoms with Crippen LogP contribution >= 0.6 is 0 Å². The number of benzene rings is 1. The number of halogens is 2. The molecule has 100 valence electrons. The number of ether oxygens (including phenoxy) is 1. The molecule has 0 aliphatic rings. The van der Waals surface area contributed by atoms with Crippen LogP contribution in [0.15, 0.2) is 18.2 Å². The van der Waals surface area contributed by atoms with E-state index in [0.29, 0.717) is 6.61 Å². The molecule has 0 bridgehead atoms. The van der Waals surface area contributed by atoms with E-state index in [1.165, 1.54) is 0 Å². The quantitative estimate of drug-likeness (QED) is 0.918. The predicted octanol–water partition coefficient (Wildman–Crippen LogP) is 2.19. The number of hydrogen-bond acceptors (Lipinski definition) is 5. The fourth-order valence-electron chi connectivity index (χ4n) is 1.42. The van der Waals surface area contributed by atoms with Gasteiger partial charge in [-0.1, -0.05) is 6.92 Å². The largest absolute Gasteiger partial charge is 0.463 e. The Morgan fingerprint density at radius 2 is 2.00 bits per heavy atom. The van der Waals surface area contributed by atoms with Crippen LogP contribution < -0.4 is 10.5 Å². The van der Waals surface area contributed by atoms with Crippen molar-refractivity contribution in [3.63, 3.8) is 0 Å². The van der Waals surface area contributed by atoms with Gasteiger partial charge in [0.15, 0.2) is 5.82 Å². The zero-order valence-corrected chi connectivity index (χ0v) is 10.2. The molecule has 0 fully saturated rings. The van der Waals surface area contributed by atoms with Gasteiger partial charge < -0.3 is 10.5 Å². The minimum Gasteiger partial charge on any atom is -0.463 e. The summed E-state index contributed by atoms with van der Waals surface area (Å²) >= 11 is 0. The summed E-state index contributed by atoms with van der Waals surface area (Å²) in [6, 6.07) is 3.00. The second-order valence-corrected chi connectivity index (χ2v) is 3.77. The second-order valence-electron chi connectivity index (χ2n) is 3.77. The molecule has 5 nitrogen and oxygen atoms in total. The molecule has 2 rings (SSSR count). The molecule has 1 aromatic carbocycles. The minimum atomic E-state index is -0.645. The van der Waals surface area contributed by atoms with Crippen molar-refractivity contribution in [1.82, 2.24) is 15.0 Å². The molecule has 0 unspecified atom stereocenters. The van der Waals surface area contributed by atoms with Gasteiger partial charge in [-0.2, -0.15) is 15.0 Å². The highest BCUT2D eigenvalue weighted by Gasteiger charge is 2.13. The van der Waals surface area contributed by atoms with E-state index in [9.17, 15) is 8.78 Å². The van der Waals surface area contributed by atoms with Crippen molar-refractivity contribution in [2.24, 2.45) is 0 Å². The lowest BCUT2D eigenvalue weighted by Gasteiger charge is -2.06. The lowest BCUT2D eigenvalue weighted by atomic mass is 10.2. The van der Waals surface area contributed by atoms with E-state index in [-0.39, 0.29) is 23.3 Å². The summed E-state index contributed by atoms with van der Waals surface area (Å²) in [7, 11) is 0. The zero-order chi connectivity index (χ0) is 13.8. The van der Waals surface area contributed by atoms with Crippen LogP contribution in [0.25, 0.3) is 11.4 Å². The maximum Gasteiger partial charge on any atom is 0.321 e. The maximum atomic E-state index is 13.6. The van der Waals surface area contributed by atoms with E-state index in [2.05, 4.69) is 15.0 Å². The molecule has 0 aliphatic carbocycles. The van der Waals surface area contributed by atoms with Gasteiger partial charge in [0.25, 0.3) is 0 Å². The minimum absolute atomic E-state index is 0.00647. The van der Waals surface area contributed by atoms with Crippen LogP contribution in [0.2, 0.25) is 0 Å². The molecule has 0 radical (unpaired) electrons. The fraction of sp³-hybridized carbons (Fsp3) is 0.250. The van der Waals surface area contributed by atoms with Crippen molar-refractivity contribution >= 4 is 5.95 Å². The van der Waals surface area contributed by atoms with Crippen LogP contribution in [-0.2, 0) is 0 Å². The number of nitrogen functional groups attached to an aromatic ring is 1. The Balaban J connectivity index is 2.43. The molecule has 19 heavy (non-hydrogen) atoms. The lowest BCUT2D eigenvalue weighted by molar-refractivity contribution is 0.292. The van der Waals surface area contributed by atoms with Crippen LogP contribution in [0.1, 0.15) is 13.3 Å². The van der Waals surface area contributed by atoms with Crippen molar-refractivity contribution in [2.45, 2.75) is 13.3 Å². The average Bonchev–Trinajstić information content (AvgIpc) is 2.38. The first kappa shape index (κ1) is 13.1. The van der Waals surface area contributed by atoms with Crippen molar-refractivity contribution in [3.8, 4) is 17.4 Å². The third-order valence-electron chi connectivity index (χ3n) is 2.24. The highest BCUT2D eigenvalue weighted by molar-refractivity contribution is 5.57. The lowest BCUT2D eigenvalue weighted by Crippen LogP contribution is -2.06. The predicted molar refractivity (Wildman–Crippen MR) is 65.4 cm³/mol. The monoisotopic (exact) mass is 266 g/mol. The molecule has 0 atom stereocenters. The molecule has 0 saturated heterocycles. The smallest absolute Gasteiger partial charge is 0.321 e. The van der Waals surface area contributed by atoms with Gasteiger partial charge in [0.05, 0.1) is 12.2 Å². The first-order valence-corrected chi connectivity index (χ1v) is 5.70. The van der Waals surface area contributed by atoms with Crippen molar-refractivity contribution < 1.29 is 13.5 Å². The molecular weight excluding hydrogens is 254 g/mol. The molecule has 2 N–H and O–H groups in total. The number of hydrogen-bond donors (Lipinski definition) is 1. The Labute approximate surface area is 108 Å². The van der Waals surface area contributed by atoms with Crippen LogP contribution in [-0.4, -0.2) is 21.6 Å². The van der Waals surface area contributed by atoms with Crippen LogP contribution in [0.5, 0.6) is 6.01 Å². The second kappa shape index (κ2) is 5.55. The van der Waals surface area contributed by atoms with E-state index in [1.807, 2.05) is 6.92 Å². The number of nitrogens with two attached hydrogens (primary N) is 1. The van der Waals surface area contributed by atoms with Gasteiger partial charge in [-0.15, -0.1) is 0 Å². The van der Waals surface area contributed by atoms with E-state index >= 15 is 0 Å². The SMILES string of the molecule is CCCOc1nc(N)nc(-c2cc(F)ccc2F)n1. The first-order chi connectivity index (χ1) is 9.10. The molecule has 1 aromatic heterocycles. The topological polar surface area (TPSA) is 73.9 Å². The Kier molecular flexibility index (Phi) is 3.84. The summed E-state index contributed by atoms with van der Waals surface area (Å²) in [5.74, 6) is -1.41. The fourth-order valence-corrected chi connectivity index (χ4v) is 1.42. The Bertz CT molecular complexity index is 592. The first-order valence-electron chi connectivity index (χ1n) is 5.70. The molecule has 0 spiro atoms. The molecule has 0 aliphatic heterocycles. The van der Waals surface area contributed by atoms with Gasteiger partial charge in [0, 0.05) is 0 Å². The molecule has 0 saturated carbocycles. The summed E-state index contributed by atoms with van der Waals surface area (Å²) in [4.78, 5) is 11.5. The van der Waals surface area contributed by atoms with E-state index in [1.54, 1.807) is 0 Å². The Morgan fingerprint density at radius 3 is 2.74 bits per heavy atom. The third kappa shape index (κ3) is 3.12.